The predicted octanol–water partition coefficient (Wildman–Crippen LogP) is 1.30. The molecule has 0 aromatic heterocycles. The highest BCUT2D eigenvalue weighted by Gasteiger charge is 2.77. The zero-order valence-electron chi connectivity index (χ0n) is 17.6. The lowest BCUT2D eigenvalue weighted by atomic mass is 9.58. The van der Waals surface area contributed by atoms with Crippen molar-refractivity contribution in [2.24, 2.45) is 58.2 Å². The molecule has 4 bridgehead atoms. The molecule has 166 valence electrons. The number of methoxy groups -OCH3 is 2. The van der Waals surface area contributed by atoms with Crippen molar-refractivity contribution in [2.75, 3.05) is 14.2 Å². The Morgan fingerprint density at radius 1 is 0.806 bits per heavy atom. The minimum Gasteiger partial charge on any atom is -0.469 e. The number of cyclic esters (lactones) is 2. The van der Waals surface area contributed by atoms with E-state index in [0.29, 0.717) is 32.1 Å². The molecule has 31 heavy (non-hydrogen) atoms. The maximum absolute atomic E-state index is 14.2. The Morgan fingerprint density at radius 3 is 2.03 bits per heavy atom. The summed E-state index contributed by atoms with van der Waals surface area (Å²) in [6.07, 6.45) is 3.91. The number of rotatable bonds is 2. The Hall–Kier alpha value is -2.25. The molecule has 0 aromatic carbocycles. The third-order valence-corrected chi connectivity index (χ3v) is 10.1. The first kappa shape index (κ1) is 19.4. The maximum atomic E-state index is 14.2. The lowest BCUT2D eigenvalue weighted by Gasteiger charge is -2.42. The summed E-state index contributed by atoms with van der Waals surface area (Å²) in [5, 5.41) is 0. The van der Waals surface area contributed by atoms with Gasteiger partial charge in [0.2, 0.25) is 0 Å². The van der Waals surface area contributed by atoms with Gasteiger partial charge in [-0.15, -0.1) is 0 Å². The van der Waals surface area contributed by atoms with E-state index in [-0.39, 0.29) is 35.4 Å². The summed E-state index contributed by atoms with van der Waals surface area (Å²) in [7, 11) is 2.63. The van der Waals surface area contributed by atoms with Gasteiger partial charge in [0.05, 0.1) is 37.9 Å². The van der Waals surface area contributed by atoms with Gasteiger partial charge in [-0.05, 0) is 62.2 Å². The number of Topliss-reactive ketones (excluding diaryl/α,β-unsaturated/α-hetero) is 1. The minimum absolute atomic E-state index is 0.0193. The summed E-state index contributed by atoms with van der Waals surface area (Å²) in [5.41, 5.74) is -1.26. The van der Waals surface area contributed by atoms with E-state index >= 15 is 0 Å². The maximum Gasteiger partial charge on any atom is 0.317 e. The van der Waals surface area contributed by atoms with Crippen LogP contribution < -0.4 is 0 Å². The van der Waals surface area contributed by atoms with E-state index in [9.17, 15) is 24.0 Å². The largest absolute Gasteiger partial charge is 0.469 e. The summed E-state index contributed by atoms with van der Waals surface area (Å²) in [6, 6.07) is 0. The molecule has 0 N–H and O–H groups in total. The van der Waals surface area contributed by atoms with Crippen LogP contribution in [0.1, 0.15) is 38.5 Å². The third-order valence-electron chi connectivity index (χ3n) is 10.1. The Bertz CT molecular complexity index is 940. The molecule has 0 radical (unpaired) electrons. The SMILES string of the molecule is COC(=O)C1C2CC(C1C(=O)OC)C1(CCC3(CC4CC3C3C(=O)OC(=O)C43)C1=O)C2. The first-order valence-electron chi connectivity index (χ1n) is 11.2. The fourth-order valence-electron chi connectivity index (χ4n) is 9.20. The van der Waals surface area contributed by atoms with E-state index in [1.807, 2.05) is 0 Å². The molecular weight excluding hydrogens is 404 g/mol. The van der Waals surface area contributed by atoms with Crippen LogP contribution >= 0.6 is 0 Å². The van der Waals surface area contributed by atoms with Gasteiger partial charge < -0.3 is 14.2 Å². The first-order valence-corrected chi connectivity index (χ1v) is 11.2. The Kier molecular flexibility index (Phi) is 3.73. The Labute approximate surface area is 179 Å². The molecule has 8 heteroatoms. The van der Waals surface area contributed by atoms with Crippen molar-refractivity contribution < 1.29 is 38.2 Å². The number of ketones is 1. The van der Waals surface area contributed by atoms with Gasteiger partial charge in [-0.2, -0.15) is 0 Å². The van der Waals surface area contributed by atoms with E-state index in [0.717, 1.165) is 6.42 Å². The Morgan fingerprint density at radius 2 is 1.35 bits per heavy atom. The molecule has 0 aromatic rings. The van der Waals surface area contributed by atoms with Crippen LogP contribution in [0.2, 0.25) is 0 Å². The smallest absolute Gasteiger partial charge is 0.317 e. The Balaban J connectivity index is 1.35. The molecule has 6 fully saturated rings. The van der Waals surface area contributed by atoms with Crippen LogP contribution in [-0.4, -0.2) is 43.9 Å². The summed E-state index contributed by atoms with van der Waals surface area (Å²) < 4.78 is 14.9. The van der Waals surface area contributed by atoms with Gasteiger partial charge in [0, 0.05) is 10.8 Å². The second-order valence-corrected chi connectivity index (χ2v) is 10.6. The average molecular weight is 430 g/mol. The molecule has 6 aliphatic rings. The van der Waals surface area contributed by atoms with Crippen LogP contribution in [0.3, 0.4) is 0 Å². The van der Waals surface area contributed by atoms with Crippen molar-refractivity contribution in [1.82, 2.24) is 0 Å². The quantitative estimate of drug-likeness (QED) is 0.366. The highest BCUT2D eigenvalue weighted by molar-refractivity contribution is 6.01. The van der Waals surface area contributed by atoms with Crippen molar-refractivity contribution in [3.63, 3.8) is 0 Å². The fraction of sp³-hybridized carbons (Fsp3) is 0.783. The molecule has 1 aliphatic heterocycles. The van der Waals surface area contributed by atoms with E-state index in [1.54, 1.807) is 0 Å². The number of esters is 4. The fourth-order valence-corrected chi connectivity index (χ4v) is 9.20. The van der Waals surface area contributed by atoms with Gasteiger partial charge in [0.15, 0.2) is 0 Å². The molecule has 5 saturated carbocycles. The second-order valence-electron chi connectivity index (χ2n) is 10.6. The molecule has 10 atom stereocenters. The van der Waals surface area contributed by atoms with Gasteiger partial charge in [-0.1, -0.05) is 0 Å². The molecule has 0 amide bonds. The average Bonchev–Trinajstić information content (AvgIpc) is 3.57. The van der Waals surface area contributed by atoms with Crippen LogP contribution in [0, 0.1) is 58.2 Å². The summed E-state index contributed by atoms with van der Waals surface area (Å²) in [4.78, 5) is 63.9. The number of fused-ring (bicyclic) bond motifs is 9. The van der Waals surface area contributed by atoms with E-state index < -0.39 is 52.5 Å². The molecule has 8 nitrogen and oxygen atoms in total. The van der Waals surface area contributed by atoms with Gasteiger partial charge in [0.25, 0.3) is 0 Å². The summed E-state index contributed by atoms with van der Waals surface area (Å²) in [5.74, 6) is -4.18. The van der Waals surface area contributed by atoms with Gasteiger partial charge >= 0.3 is 23.9 Å². The standard InChI is InChI=1S/C23H26O8/c1-29-17(24)13-9-5-11(15(13)18(25)30-2)22(7-9)3-4-23(21(22)28)8-10-6-12(23)16-14(10)19(26)31-20(16)27/h9-16H,3-8H2,1-2H3. The van der Waals surface area contributed by atoms with Gasteiger partial charge in [-0.25, -0.2) is 0 Å². The van der Waals surface area contributed by atoms with Crippen LogP contribution in [0.25, 0.3) is 0 Å². The number of hydrogen-bond donors (Lipinski definition) is 0. The molecule has 2 spiro atoms. The van der Waals surface area contributed by atoms with Crippen LogP contribution in [0.5, 0.6) is 0 Å². The molecule has 10 unspecified atom stereocenters. The number of ether oxygens (including phenoxy) is 3. The second kappa shape index (κ2) is 5.95. The summed E-state index contributed by atoms with van der Waals surface area (Å²) >= 11 is 0. The van der Waals surface area contributed by atoms with Crippen LogP contribution in [0.4, 0.5) is 0 Å². The van der Waals surface area contributed by atoms with Gasteiger partial charge in [-0.3, -0.25) is 24.0 Å². The number of hydrogen-bond acceptors (Lipinski definition) is 8. The normalized spacial score (nSPS) is 51.1. The number of carbonyl (C=O) groups excluding carboxylic acids is 5. The highest BCUT2D eigenvalue weighted by Crippen LogP contribution is 2.75. The van der Waals surface area contributed by atoms with Crippen molar-refractivity contribution in [2.45, 2.75) is 38.5 Å². The van der Waals surface area contributed by atoms with Crippen molar-refractivity contribution in [1.29, 1.82) is 0 Å². The van der Waals surface area contributed by atoms with E-state index in [4.69, 9.17) is 14.2 Å². The zero-order valence-corrected chi connectivity index (χ0v) is 17.6. The topological polar surface area (TPSA) is 113 Å². The lowest BCUT2D eigenvalue weighted by molar-refractivity contribution is -0.165. The first-order chi connectivity index (χ1) is 14.8. The third kappa shape index (κ3) is 2.05. The van der Waals surface area contributed by atoms with Crippen LogP contribution in [-0.2, 0) is 38.2 Å². The minimum atomic E-state index is -0.667. The highest BCUT2D eigenvalue weighted by atomic mass is 16.6. The predicted molar refractivity (Wildman–Crippen MR) is 101 cm³/mol. The monoisotopic (exact) mass is 430 g/mol. The summed E-state index contributed by atoms with van der Waals surface area (Å²) in [6.45, 7) is 0. The molecule has 5 aliphatic carbocycles. The van der Waals surface area contributed by atoms with Crippen molar-refractivity contribution in [3.8, 4) is 0 Å². The molecular formula is C23H26O8. The van der Waals surface area contributed by atoms with Crippen molar-refractivity contribution >= 4 is 29.7 Å². The van der Waals surface area contributed by atoms with E-state index in [1.165, 1.54) is 14.2 Å². The van der Waals surface area contributed by atoms with Crippen LogP contribution in [0.15, 0.2) is 0 Å². The van der Waals surface area contributed by atoms with E-state index in [2.05, 4.69) is 0 Å². The lowest BCUT2D eigenvalue weighted by Crippen LogP contribution is -2.50. The van der Waals surface area contributed by atoms with Gasteiger partial charge in [0.1, 0.15) is 5.78 Å². The zero-order chi connectivity index (χ0) is 21.9. The molecule has 1 heterocycles. The van der Waals surface area contributed by atoms with Crippen molar-refractivity contribution in [3.05, 3.63) is 0 Å². The molecule has 6 rings (SSSR count). The molecule has 1 saturated heterocycles. The number of carbonyl (C=O) groups is 5.